The van der Waals surface area contributed by atoms with Crippen molar-refractivity contribution in [2.75, 3.05) is 0 Å². The number of fused-ring (bicyclic) bond motifs is 1. The average Bonchev–Trinajstić information content (AvgIpc) is 2.48. The first kappa shape index (κ1) is 12.7. The van der Waals surface area contributed by atoms with Crippen molar-refractivity contribution in [3.05, 3.63) is 65.3 Å². The highest BCUT2D eigenvalue weighted by Crippen LogP contribution is 2.30. The van der Waals surface area contributed by atoms with E-state index in [0.29, 0.717) is 11.6 Å². The van der Waals surface area contributed by atoms with Crippen LogP contribution >= 0.6 is 11.6 Å². The van der Waals surface area contributed by atoms with Gasteiger partial charge in [0.05, 0.1) is 18.0 Å². The van der Waals surface area contributed by atoms with E-state index in [4.69, 9.17) is 16.9 Å². The smallest absolute Gasteiger partial charge is 0.130 e. The maximum absolute atomic E-state index is 8.94. The molecule has 2 nitrogen and oxygen atoms in total. The standard InChI is InChI=1S/C17H11ClN2/c18-16-11-13(9-10-19)15-8-4-7-14(17(15)20-16)12-5-2-1-3-6-12/h1-8,11H,9H2. The fraction of sp³-hybridized carbons (Fsp3) is 0.0588. The number of benzene rings is 2. The summed E-state index contributed by atoms with van der Waals surface area (Å²) in [6, 6.07) is 20.0. The Bertz CT molecular complexity index is 804. The van der Waals surface area contributed by atoms with Crippen LogP contribution in [0.1, 0.15) is 5.56 Å². The molecule has 0 unspecified atom stereocenters. The molecule has 0 amide bonds. The molecule has 1 heterocycles. The van der Waals surface area contributed by atoms with Crippen molar-refractivity contribution in [1.82, 2.24) is 4.98 Å². The molecule has 0 saturated carbocycles. The summed E-state index contributed by atoms with van der Waals surface area (Å²) in [7, 11) is 0. The highest BCUT2D eigenvalue weighted by Gasteiger charge is 2.09. The van der Waals surface area contributed by atoms with Gasteiger partial charge in [0.25, 0.3) is 0 Å². The molecule has 0 aliphatic carbocycles. The van der Waals surface area contributed by atoms with Gasteiger partial charge in [0.15, 0.2) is 0 Å². The van der Waals surface area contributed by atoms with Gasteiger partial charge in [-0.1, -0.05) is 60.1 Å². The Morgan fingerprint density at radius 1 is 1.05 bits per heavy atom. The summed E-state index contributed by atoms with van der Waals surface area (Å²) in [5.41, 5.74) is 3.89. The summed E-state index contributed by atoms with van der Waals surface area (Å²) in [4.78, 5) is 4.45. The van der Waals surface area contributed by atoms with Gasteiger partial charge >= 0.3 is 0 Å². The fourth-order valence-electron chi connectivity index (χ4n) is 2.37. The summed E-state index contributed by atoms with van der Waals surface area (Å²) in [6.45, 7) is 0. The molecule has 0 N–H and O–H groups in total. The van der Waals surface area contributed by atoms with Crippen molar-refractivity contribution in [3.63, 3.8) is 0 Å². The zero-order valence-electron chi connectivity index (χ0n) is 10.7. The van der Waals surface area contributed by atoms with Gasteiger partial charge in [-0.05, 0) is 17.2 Å². The van der Waals surface area contributed by atoms with Crippen molar-refractivity contribution < 1.29 is 0 Å². The van der Waals surface area contributed by atoms with Crippen molar-refractivity contribution in [3.8, 4) is 17.2 Å². The van der Waals surface area contributed by atoms with Crippen LogP contribution in [0.25, 0.3) is 22.0 Å². The molecular formula is C17H11ClN2. The monoisotopic (exact) mass is 278 g/mol. The molecule has 96 valence electrons. The molecule has 0 saturated heterocycles. The van der Waals surface area contributed by atoms with E-state index < -0.39 is 0 Å². The zero-order chi connectivity index (χ0) is 13.9. The number of nitrogens with zero attached hydrogens (tertiary/aromatic N) is 2. The van der Waals surface area contributed by atoms with Crippen LogP contribution in [-0.2, 0) is 6.42 Å². The summed E-state index contributed by atoms with van der Waals surface area (Å²) < 4.78 is 0. The van der Waals surface area contributed by atoms with Crippen molar-refractivity contribution in [2.24, 2.45) is 0 Å². The van der Waals surface area contributed by atoms with E-state index in [0.717, 1.165) is 27.6 Å². The molecule has 0 radical (unpaired) electrons. The molecule has 3 rings (SSSR count). The largest absolute Gasteiger partial charge is 0.235 e. The first-order chi connectivity index (χ1) is 9.79. The molecule has 0 atom stereocenters. The summed E-state index contributed by atoms with van der Waals surface area (Å²) in [5.74, 6) is 0. The minimum absolute atomic E-state index is 0.330. The van der Waals surface area contributed by atoms with Crippen molar-refractivity contribution in [2.45, 2.75) is 6.42 Å². The van der Waals surface area contributed by atoms with Gasteiger partial charge in [-0.3, -0.25) is 0 Å². The van der Waals surface area contributed by atoms with Crippen LogP contribution in [0.2, 0.25) is 5.15 Å². The Morgan fingerprint density at radius 2 is 1.85 bits per heavy atom. The van der Waals surface area contributed by atoms with Crippen molar-refractivity contribution >= 4 is 22.5 Å². The molecule has 3 heteroatoms. The Labute approximate surface area is 122 Å². The third-order valence-electron chi connectivity index (χ3n) is 3.25. The minimum atomic E-state index is 0.330. The lowest BCUT2D eigenvalue weighted by molar-refractivity contribution is 1.26. The van der Waals surface area contributed by atoms with Gasteiger partial charge in [-0.25, -0.2) is 4.98 Å². The van der Waals surface area contributed by atoms with Crippen LogP contribution in [0, 0.1) is 11.3 Å². The van der Waals surface area contributed by atoms with Crippen molar-refractivity contribution in [1.29, 1.82) is 5.26 Å². The highest BCUT2D eigenvalue weighted by atomic mass is 35.5. The van der Waals surface area contributed by atoms with E-state index in [1.165, 1.54) is 0 Å². The number of hydrogen-bond acceptors (Lipinski definition) is 2. The molecule has 0 bridgehead atoms. The average molecular weight is 279 g/mol. The van der Waals surface area contributed by atoms with Crippen LogP contribution in [0.3, 0.4) is 0 Å². The van der Waals surface area contributed by atoms with E-state index in [1.54, 1.807) is 6.07 Å². The maximum Gasteiger partial charge on any atom is 0.130 e. The summed E-state index contributed by atoms with van der Waals surface area (Å²) >= 11 is 6.10. The molecule has 0 aliphatic heterocycles. The van der Waals surface area contributed by atoms with Crippen LogP contribution < -0.4 is 0 Å². The number of para-hydroxylation sites is 1. The number of nitriles is 1. The first-order valence-electron chi connectivity index (χ1n) is 6.30. The number of rotatable bonds is 2. The third kappa shape index (κ3) is 2.24. The lowest BCUT2D eigenvalue weighted by atomic mass is 9.99. The normalized spacial score (nSPS) is 10.4. The SMILES string of the molecule is N#CCc1cc(Cl)nc2c(-c3ccccc3)cccc12. The topological polar surface area (TPSA) is 36.7 Å². The molecule has 0 aliphatic rings. The second kappa shape index (κ2) is 5.32. The van der Waals surface area contributed by atoms with Gasteiger partial charge in [0.2, 0.25) is 0 Å². The Morgan fingerprint density at radius 3 is 2.60 bits per heavy atom. The van der Waals surface area contributed by atoms with E-state index in [1.807, 2.05) is 48.5 Å². The highest BCUT2D eigenvalue weighted by molar-refractivity contribution is 6.30. The molecule has 0 spiro atoms. The maximum atomic E-state index is 8.94. The Balaban J connectivity index is 2.33. The minimum Gasteiger partial charge on any atom is -0.235 e. The lowest BCUT2D eigenvalue weighted by Crippen LogP contribution is -1.91. The molecule has 1 aromatic heterocycles. The van der Waals surface area contributed by atoms with Crippen LogP contribution in [0.15, 0.2) is 54.6 Å². The van der Waals surface area contributed by atoms with E-state index in [2.05, 4.69) is 11.1 Å². The summed E-state index contributed by atoms with van der Waals surface area (Å²) in [5, 5.41) is 10.3. The molecular weight excluding hydrogens is 268 g/mol. The van der Waals surface area contributed by atoms with Gasteiger partial charge < -0.3 is 0 Å². The van der Waals surface area contributed by atoms with E-state index in [-0.39, 0.29) is 0 Å². The van der Waals surface area contributed by atoms with Crippen LogP contribution in [-0.4, -0.2) is 4.98 Å². The number of pyridine rings is 1. The number of hydrogen-bond donors (Lipinski definition) is 0. The van der Waals surface area contributed by atoms with Gasteiger partial charge in [0.1, 0.15) is 5.15 Å². The van der Waals surface area contributed by atoms with E-state index in [9.17, 15) is 0 Å². The van der Waals surface area contributed by atoms with E-state index >= 15 is 0 Å². The third-order valence-corrected chi connectivity index (χ3v) is 3.44. The second-order valence-electron chi connectivity index (χ2n) is 4.51. The molecule has 0 fully saturated rings. The molecule has 3 aromatic rings. The van der Waals surface area contributed by atoms with Gasteiger partial charge in [-0.2, -0.15) is 5.26 Å². The second-order valence-corrected chi connectivity index (χ2v) is 4.89. The first-order valence-corrected chi connectivity index (χ1v) is 6.68. The predicted molar refractivity (Wildman–Crippen MR) is 81.5 cm³/mol. The quantitative estimate of drug-likeness (QED) is 0.641. The van der Waals surface area contributed by atoms with Gasteiger partial charge in [-0.15, -0.1) is 0 Å². The molecule has 20 heavy (non-hydrogen) atoms. The summed E-state index contributed by atoms with van der Waals surface area (Å²) in [6.07, 6.45) is 0.330. The van der Waals surface area contributed by atoms with Crippen LogP contribution in [0.5, 0.6) is 0 Å². The van der Waals surface area contributed by atoms with Gasteiger partial charge in [0, 0.05) is 10.9 Å². The number of halogens is 1. The molecule has 2 aromatic carbocycles. The Kier molecular flexibility index (Phi) is 3.37. The van der Waals surface area contributed by atoms with Crippen LogP contribution in [0.4, 0.5) is 0 Å². The lowest BCUT2D eigenvalue weighted by Gasteiger charge is -2.09. The predicted octanol–water partition coefficient (Wildman–Crippen LogP) is 4.62. The number of aromatic nitrogens is 1. The Hall–Kier alpha value is -2.37. The fourth-order valence-corrected chi connectivity index (χ4v) is 2.58. The zero-order valence-corrected chi connectivity index (χ0v) is 11.4.